The lowest BCUT2D eigenvalue weighted by molar-refractivity contribution is -0.116. The molecule has 3 heterocycles. The molecule has 0 atom stereocenters. The Morgan fingerprint density at radius 1 is 1.18 bits per heavy atom. The Morgan fingerprint density at radius 3 is 2.89 bits per heavy atom. The number of thioether (sulfide) groups is 1. The fourth-order valence-corrected chi connectivity index (χ4v) is 4.66. The van der Waals surface area contributed by atoms with Gasteiger partial charge in [0.1, 0.15) is 0 Å². The molecule has 0 aliphatic rings. The molecule has 1 aromatic carbocycles. The number of rotatable bonds is 8. The second-order valence-electron chi connectivity index (χ2n) is 5.72. The lowest BCUT2D eigenvalue weighted by Gasteiger charge is -1.98. The fourth-order valence-electron chi connectivity index (χ4n) is 2.31. The van der Waals surface area contributed by atoms with Crippen molar-refractivity contribution >= 4 is 45.5 Å². The van der Waals surface area contributed by atoms with Crippen molar-refractivity contribution in [3.05, 3.63) is 58.6 Å². The topological polar surface area (TPSA) is 93.8 Å². The van der Waals surface area contributed by atoms with Crippen LogP contribution in [0.4, 0.5) is 5.13 Å². The van der Waals surface area contributed by atoms with E-state index in [0.29, 0.717) is 23.3 Å². The molecular weight excluding hydrogens is 414 g/mol. The first-order valence-corrected chi connectivity index (χ1v) is 11.2. The second-order valence-corrected chi connectivity index (χ2v) is 8.70. The summed E-state index contributed by atoms with van der Waals surface area (Å²) in [6, 6.07) is 12.1. The monoisotopic (exact) mass is 429 g/mol. The predicted molar refractivity (Wildman–Crippen MR) is 110 cm³/mol. The average Bonchev–Trinajstić information content (AvgIpc) is 3.47. The molecule has 1 N–H and O–H groups in total. The van der Waals surface area contributed by atoms with Crippen LogP contribution in [-0.4, -0.2) is 26.2 Å². The average molecular weight is 430 g/mol. The summed E-state index contributed by atoms with van der Waals surface area (Å²) in [7, 11) is 0. The maximum atomic E-state index is 12.1. The van der Waals surface area contributed by atoms with E-state index in [1.54, 1.807) is 23.1 Å². The first-order valence-electron chi connectivity index (χ1n) is 8.41. The predicted octanol–water partition coefficient (Wildman–Crippen LogP) is 4.51. The van der Waals surface area contributed by atoms with Crippen LogP contribution in [0.15, 0.2) is 56.0 Å². The molecule has 0 aliphatic heterocycles. The number of nitrogens with one attached hydrogen (secondary N) is 1. The van der Waals surface area contributed by atoms with E-state index < -0.39 is 0 Å². The van der Waals surface area contributed by atoms with Gasteiger partial charge >= 0.3 is 0 Å². The number of aromatic nitrogens is 4. The van der Waals surface area contributed by atoms with E-state index in [2.05, 4.69) is 37.8 Å². The number of carbonyl (C=O) groups excluding carboxylic acids is 1. The smallest absolute Gasteiger partial charge is 0.227 e. The van der Waals surface area contributed by atoms with Crippen molar-refractivity contribution in [3.8, 4) is 11.4 Å². The van der Waals surface area contributed by atoms with Gasteiger partial charge in [-0.25, -0.2) is 0 Å². The molecule has 0 saturated heterocycles. The van der Waals surface area contributed by atoms with E-state index in [0.717, 1.165) is 15.7 Å². The molecule has 3 aromatic heterocycles. The van der Waals surface area contributed by atoms with Gasteiger partial charge in [0, 0.05) is 29.5 Å². The van der Waals surface area contributed by atoms with Gasteiger partial charge in [-0.2, -0.15) is 16.3 Å². The molecule has 4 aromatic rings. The third kappa shape index (κ3) is 5.03. The van der Waals surface area contributed by atoms with Crippen LogP contribution in [0.25, 0.3) is 11.4 Å². The molecule has 4 rings (SSSR count). The van der Waals surface area contributed by atoms with E-state index in [9.17, 15) is 4.79 Å². The Balaban J connectivity index is 1.24. The van der Waals surface area contributed by atoms with E-state index >= 15 is 0 Å². The van der Waals surface area contributed by atoms with Gasteiger partial charge < -0.3 is 9.84 Å². The van der Waals surface area contributed by atoms with Crippen molar-refractivity contribution in [3.63, 3.8) is 0 Å². The summed E-state index contributed by atoms with van der Waals surface area (Å²) >= 11 is 4.53. The number of amides is 1. The van der Waals surface area contributed by atoms with Gasteiger partial charge in [0.2, 0.25) is 22.8 Å². The van der Waals surface area contributed by atoms with Crippen LogP contribution in [0.5, 0.6) is 0 Å². The van der Waals surface area contributed by atoms with E-state index in [1.807, 2.05) is 35.0 Å². The molecule has 0 fully saturated rings. The minimum Gasteiger partial charge on any atom is -0.339 e. The highest BCUT2D eigenvalue weighted by molar-refractivity contribution is 8.00. The Hall–Kier alpha value is -2.56. The zero-order valence-corrected chi connectivity index (χ0v) is 17.0. The standard InChI is InChI=1S/C18H15N5O2S3/c24-14(6-7-15-20-16(23-25-15)13-8-9-26-11-13)19-17-21-22-18(28-17)27-10-12-4-2-1-3-5-12/h1-5,8-9,11H,6-7,10H2,(H,19,21,24). The number of hydrogen-bond donors (Lipinski definition) is 1. The number of carbonyl (C=O) groups is 1. The van der Waals surface area contributed by atoms with Crippen molar-refractivity contribution in [2.24, 2.45) is 0 Å². The molecule has 1 amide bonds. The summed E-state index contributed by atoms with van der Waals surface area (Å²) in [6.07, 6.45) is 0.606. The third-order valence-electron chi connectivity index (χ3n) is 3.67. The summed E-state index contributed by atoms with van der Waals surface area (Å²) in [5.41, 5.74) is 2.13. The van der Waals surface area contributed by atoms with Crippen LogP contribution in [0, 0.1) is 0 Å². The molecule has 0 unspecified atom stereocenters. The molecule has 0 bridgehead atoms. The maximum Gasteiger partial charge on any atom is 0.227 e. The number of thiophene rings is 1. The molecule has 0 saturated carbocycles. The van der Waals surface area contributed by atoms with Crippen molar-refractivity contribution in [1.29, 1.82) is 0 Å². The van der Waals surface area contributed by atoms with Gasteiger partial charge in [0.05, 0.1) is 0 Å². The SMILES string of the molecule is O=C(CCc1nc(-c2ccsc2)no1)Nc1nnc(SCc2ccccc2)s1. The minimum absolute atomic E-state index is 0.161. The molecule has 0 aliphatic carbocycles. The Bertz CT molecular complexity index is 1030. The van der Waals surface area contributed by atoms with Crippen molar-refractivity contribution < 1.29 is 9.32 Å². The molecule has 7 nitrogen and oxygen atoms in total. The molecule has 28 heavy (non-hydrogen) atoms. The number of anilines is 1. The molecular formula is C18H15N5O2S3. The fraction of sp³-hybridized carbons (Fsp3) is 0.167. The van der Waals surface area contributed by atoms with Crippen LogP contribution in [0.3, 0.4) is 0 Å². The van der Waals surface area contributed by atoms with Crippen LogP contribution in [-0.2, 0) is 17.0 Å². The highest BCUT2D eigenvalue weighted by atomic mass is 32.2. The lowest BCUT2D eigenvalue weighted by atomic mass is 10.2. The number of hydrogen-bond acceptors (Lipinski definition) is 9. The van der Waals surface area contributed by atoms with Crippen molar-refractivity contribution in [2.75, 3.05) is 5.32 Å². The molecule has 0 spiro atoms. The first kappa shape index (κ1) is 18.8. The molecule has 0 radical (unpaired) electrons. The number of aryl methyl sites for hydroxylation is 1. The van der Waals surface area contributed by atoms with Crippen LogP contribution >= 0.6 is 34.4 Å². The second kappa shape index (κ2) is 9.09. The maximum absolute atomic E-state index is 12.1. The van der Waals surface area contributed by atoms with E-state index in [1.165, 1.54) is 16.9 Å². The van der Waals surface area contributed by atoms with E-state index in [4.69, 9.17) is 4.52 Å². The molecule has 142 valence electrons. The number of nitrogens with zero attached hydrogens (tertiary/aromatic N) is 4. The van der Waals surface area contributed by atoms with Crippen molar-refractivity contribution in [1.82, 2.24) is 20.3 Å². The van der Waals surface area contributed by atoms with Gasteiger partial charge in [-0.05, 0) is 17.0 Å². The summed E-state index contributed by atoms with van der Waals surface area (Å²) in [6.45, 7) is 0. The lowest BCUT2D eigenvalue weighted by Crippen LogP contribution is -2.12. The van der Waals surface area contributed by atoms with Gasteiger partial charge in [-0.3, -0.25) is 4.79 Å². The summed E-state index contributed by atoms with van der Waals surface area (Å²) in [4.78, 5) is 16.5. The highest BCUT2D eigenvalue weighted by Gasteiger charge is 2.13. The van der Waals surface area contributed by atoms with Gasteiger partial charge in [-0.1, -0.05) is 58.6 Å². The van der Waals surface area contributed by atoms with E-state index in [-0.39, 0.29) is 12.3 Å². The van der Waals surface area contributed by atoms with Gasteiger partial charge in [0.15, 0.2) is 4.34 Å². The first-order chi connectivity index (χ1) is 13.8. The molecule has 10 heteroatoms. The third-order valence-corrected chi connectivity index (χ3v) is 6.40. The quantitative estimate of drug-likeness (QED) is 0.325. The summed E-state index contributed by atoms with van der Waals surface area (Å²) < 4.78 is 6.02. The van der Waals surface area contributed by atoms with Crippen molar-refractivity contribution in [2.45, 2.75) is 22.9 Å². The summed E-state index contributed by atoms with van der Waals surface area (Å²) in [5, 5.41) is 19.2. The van der Waals surface area contributed by atoms with Crippen LogP contribution < -0.4 is 5.32 Å². The Labute approximate surface area is 173 Å². The van der Waals surface area contributed by atoms with Gasteiger partial charge in [0.25, 0.3) is 0 Å². The van der Waals surface area contributed by atoms with Crippen LogP contribution in [0.1, 0.15) is 17.9 Å². The highest BCUT2D eigenvalue weighted by Crippen LogP contribution is 2.28. The zero-order valence-electron chi connectivity index (χ0n) is 14.6. The zero-order chi connectivity index (χ0) is 19.2. The Kier molecular flexibility index (Phi) is 6.10. The normalized spacial score (nSPS) is 10.9. The summed E-state index contributed by atoms with van der Waals surface area (Å²) in [5.74, 6) is 1.63. The van der Waals surface area contributed by atoms with Gasteiger partial charge in [-0.15, -0.1) is 10.2 Å². The largest absolute Gasteiger partial charge is 0.339 e. The minimum atomic E-state index is -0.161. The Morgan fingerprint density at radius 2 is 2.07 bits per heavy atom. The number of benzene rings is 1. The van der Waals surface area contributed by atoms with Crippen LogP contribution in [0.2, 0.25) is 0 Å².